The molecule has 3 N–H and O–H groups in total. The first-order chi connectivity index (χ1) is 11.3. The molecule has 0 aromatic heterocycles. The maximum atomic E-state index is 11.8. The number of aryl methyl sites for hydroxylation is 1. The minimum Gasteiger partial charge on any atom is -0.444 e. The van der Waals surface area contributed by atoms with Crippen LogP contribution in [-0.4, -0.2) is 36.9 Å². The number of nitrogens with one attached hydrogen (secondary N) is 3. The lowest BCUT2D eigenvalue weighted by Crippen LogP contribution is -2.44. The van der Waals surface area contributed by atoms with Gasteiger partial charge in [-0.15, -0.1) is 0 Å². The number of carbonyl (C=O) groups is 2. The lowest BCUT2D eigenvalue weighted by atomic mass is 10.1. The number of benzene rings is 1. The van der Waals surface area contributed by atoms with E-state index >= 15 is 0 Å². The number of urea groups is 1. The van der Waals surface area contributed by atoms with E-state index in [1.54, 1.807) is 20.8 Å². The minimum absolute atomic E-state index is 0.0732. The van der Waals surface area contributed by atoms with E-state index in [4.69, 9.17) is 4.74 Å². The number of carbonyl (C=O) groups excluding carboxylic acids is 2. The van der Waals surface area contributed by atoms with E-state index in [1.807, 2.05) is 25.1 Å². The van der Waals surface area contributed by atoms with Crippen LogP contribution in [0.4, 0.5) is 9.59 Å². The molecule has 1 rings (SSSR count). The molecule has 1 aromatic rings. The Labute approximate surface area is 144 Å². The van der Waals surface area contributed by atoms with Crippen LogP contribution in [0.2, 0.25) is 0 Å². The fourth-order valence-electron chi connectivity index (χ4n) is 2.03. The highest BCUT2D eigenvalue weighted by atomic mass is 16.6. The van der Waals surface area contributed by atoms with Crippen molar-refractivity contribution in [3.8, 4) is 0 Å². The first kappa shape index (κ1) is 19.8. The van der Waals surface area contributed by atoms with Gasteiger partial charge in [-0.25, -0.2) is 9.59 Å². The summed E-state index contributed by atoms with van der Waals surface area (Å²) >= 11 is 0. The summed E-state index contributed by atoms with van der Waals surface area (Å²) in [4.78, 5) is 23.2. The fraction of sp³-hybridized carbons (Fsp3) is 0.556. The Kier molecular flexibility index (Phi) is 8.09. The molecule has 6 heteroatoms. The Balaban J connectivity index is 2.12. The number of ether oxygens (including phenoxy) is 1. The van der Waals surface area contributed by atoms with Gasteiger partial charge in [0.2, 0.25) is 0 Å². The standard InChI is InChI=1S/C18H29N3O3/c1-14(10-11-15-8-6-5-7-9-15)21-16(22)19-12-13-20-17(23)24-18(2,3)4/h5-9,14H,10-13H2,1-4H3,(H,20,23)(H2,19,21,22). The Morgan fingerprint density at radius 1 is 1.08 bits per heavy atom. The van der Waals surface area contributed by atoms with Gasteiger partial charge >= 0.3 is 12.1 Å². The number of hydrogen-bond donors (Lipinski definition) is 3. The molecule has 134 valence electrons. The van der Waals surface area contributed by atoms with Crippen LogP contribution in [0.15, 0.2) is 30.3 Å². The van der Waals surface area contributed by atoms with Crippen LogP contribution in [-0.2, 0) is 11.2 Å². The molecule has 3 amide bonds. The molecule has 0 bridgehead atoms. The summed E-state index contributed by atoms with van der Waals surface area (Å²) in [5, 5.41) is 8.18. The van der Waals surface area contributed by atoms with Gasteiger partial charge in [-0.2, -0.15) is 0 Å². The summed E-state index contributed by atoms with van der Waals surface area (Å²) in [6, 6.07) is 10.0. The van der Waals surface area contributed by atoms with Crippen molar-refractivity contribution in [2.45, 2.75) is 52.2 Å². The Hall–Kier alpha value is -2.24. The van der Waals surface area contributed by atoms with Crippen LogP contribution in [0.25, 0.3) is 0 Å². The van der Waals surface area contributed by atoms with Crippen LogP contribution < -0.4 is 16.0 Å². The molecule has 0 fully saturated rings. The lowest BCUT2D eigenvalue weighted by Gasteiger charge is -2.19. The molecule has 1 atom stereocenters. The first-order valence-corrected chi connectivity index (χ1v) is 8.31. The molecule has 0 saturated heterocycles. The number of alkyl carbamates (subject to hydrolysis) is 1. The second kappa shape index (κ2) is 9.80. The highest BCUT2D eigenvalue weighted by Gasteiger charge is 2.15. The van der Waals surface area contributed by atoms with Gasteiger partial charge in [0.15, 0.2) is 0 Å². The van der Waals surface area contributed by atoms with Gasteiger partial charge in [-0.05, 0) is 46.1 Å². The summed E-state index contributed by atoms with van der Waals surface area (Å²) in [7, 11) is 0. The van der Waals surface area contributed by atoms with E-state index in [0.717, 1.165) is 12.8 Å². The van der Waals surface area contributed by atoms with Gasteiger partial charge in [0, 0.05) is 19.1 Å². The van der Waals surface area contributed by atoms with Gasteiger partial charge in [0.25, 0.3) is 0 Å². The first-order valence-electron chi connectivity index (χ1n) is 8.31. The average molecular weight is 335 g/mol. The van der Waals surface area contributed by atoms with Gasteiger partial charge in [0.1, 0.15) is 5.60 Å². The Morgan fingerprint density at radius 2 is 1.71 bits per heavy atom. The van der Waals surface area contributed by atoms with Crippen molar-refractivity contribution in [3.63, 3.8) is 0 Å². The quantitative estimate of drug-likeness (QED) is 0.670. The topological polar surface area (TPSA) is 79.5 Å². The molecule has 0 spiro atoms. The fourth-order valence-corrected chi connectivity index (χ4v) is 2.03. The van der Waals surface area contributed by atoms with Crippen molar-refractivity contribution < 1.29 is 14.3 Å². The lowest BCUT2D eigenvalue weighted by molar-refractivity contribution is 0.0528. The van der Waals surface area contributed by atoms with Gasteiger partial charge in [0.05, 0.1) is 0 Å². The molecule has 1 aromatic carbocycles. The molecule has 0 aliphatic heterocycles. The summed E-state index contributed by atoms with van der Waals surface area (Å²) in [5.41, 5.74) is 0.733. The summed E-state index contributed by atoms with van der Waals surface area (Å²) < 4.78 is 5.10. The third kappa shape index (κ3) is 9.71. The van der Waals surface area contributed by atoms with E-state index in [9.17, 15) is 9.59 Å². The van der Waals surface area contributed by atoms with Crippen LogP contribution >= 0.6 is 0 Å². The second-order valence-electron chi connectivity index (χ2n) is 6.75. The van der Waals surface area contributed by atoms with Crippen LogP contribution in [0.3, 0.4) is 0 Å². The van der Waals surface area contributed by atoms with Crippen molar-refractivity contribution in [1.82, 2.24) is 16.0 Å². The molecule has 0 saturated carbocycles. The van der Waals surface area contributed by atoms with Crippen molar-refractivity contribution >= 4 is 12.1 Å². The molecule has 1 unspecified atom stereocenters. The molecule has 0 aliphatic carbocycles. The highest BCUT2D eigenvalue weighted by Crippen LogP contribution is 2.06. The molecular weight excluding hydrogens is 306 g/mol. The molecule has 0 aliphatic rings. The molecule has 0 heterocycles. The summed E-state index contributed by atoms with van der Waals surface area (Å²) in [6.07, 6.45) is 1.30. The monoisotopic (exact) mass is 335 g/mol. The van der Waals surface area contributed by atoms with E-state index in [2.05, 4.69) is 28.1 Å². The predicted molar refractivity (Wildman–Crippen MR) is 95.0 cm³/mol. The van der Waals surface area contributed by atoms with Crippen molar-refractivity contribution in [3.05, 3.63) is 35.9 Å². The van der Waals surface area contributed by atoms with Crippen molar-refractivity contribution in [2.24, 2.45) is 0 Å². The minimum atomic E-state index is -0.525. The SMILES string of the molecule is CC(CCc1ccccc1)NC(=O)NCCNC(=O)OC(C)(C)C. The van der Waals surface area contributed by atoms with E-state index in [-0.39, 0.29) is 12.1 Å². The van der Waals surface area contributed by atoms with Gasteiger partial charge < -0.3 is 20.7 Å². The van der Waals surface area contributed by atoms with E-state index < -0.39 is 11.7 Å². The zero-order valence-electron chi connectivity index (χ0n) is 15.0. The third-order valence-corrected chi connectivity index (χ3v) is 3.17. The number of amides is 3. The van der Waals surface area contributed by atoms with Gasteiger partial charge in [-0.3, -0.25) is 0 Å². The zero-order valence-corrected chi connectivity index (χ0v) is 15.0. The summed E-state index contributed by atoms with van der Waals surface area (Å²) in [5.74, 6) is 0. The summed E-state index contributed by atoms with van der Waals surface area (Å²) in [6.45, 7) is 8.04. The molecular formula is C18H29N3O3. The number of hydrogen-bond acceptors (Lipinski definition) is 3. The molecule has 6 nitrogen and oxygen atoms in total. The zero-order chi connectivity index (χ0) is 18.0. The van der Waals surface area contributed by atoms with Crippen LogP contribution in [0.1, 0.15) is 39.7 Å². The third-order valence-electron chi connectivity index (χ3n) is 3.17. The van der Waals surface area contributed by atoms with Crippen LogP contribution in [0, 0.1) is 0 Å². The Bertz CT molecular complexity index is 512. The second-order valence-corrected chi connectivity index (χ2v) is 6.75. The van der Waals surface area contributed by atoms with Crippen molar-refractivity contribution in [1.29, 1.82) is 0 Å². The smallest absolute Gasteiger partial charge is 0.407 e. The average Bonchev–Trinajstić information content (AvgIpc) is 2.49. The van der Waals surface area contributed by atoms with E-state index in [0.29, 0.717) is 13.1 Å². The maximum Gasteiger partial charge on any atom is 0.407 e. The largest absolute Gasteiger partial charge is 0.444 e. The highest BCUT2D eigenvalue weighted by molar-refractivity contribution is 5.74. The normalized spacial score (nSPS) is 12.2. The maximum absolute atomic E-state index is 11.8. The van der Waals surface area contributed by atoms with E-state index in [1.165, 1.54) is 5.56 Å². The Morgan fingerprint density at radius 3 is 2.33 bits per heavy atom. The van der Waals surface area contributed by atoms with Crippen molar-refractivity contribution in [2.75, 3.05) is 13.1 Å². The van der Waals surface area contributed by atoms with Crippen LogP contribution in [0.5, 0.6) is 0 Å². The molecule has 0 radical (unpaired) electrons. The predicted octanol–water partition coefficient (Wildman–Crippen LogP) is 2.83. The number of rotatable bonds is 7. The molecule has 24 heavy (non-hydrogen) atoms. The van der Waals surface area contributed by atoms with Gasteiger partial charge in [-0.1, -0.05) is 30.3 Å².